The first-order valence-corrected chi connectivity index (χ1v) is 10.5. The van der Waals surface area contributed by atoms with Crippen LogP contribution in [0.5, 0.6) is 0 Å². The van der Waals surface area contributed by atoms with Crippen molar-refractivity contribution in [2.45, 2.75) is 50.7 Å². The molecule has 1 aromatic carbocycles. The highest BCUT2D eigenvalue weighted by molar-refractivity contribution is 5.14. The molecular weight excluding hydrogens is 320 g/mol. The zero-order chi connectivity index (χ0) is 17.8. The molecule has 3 saturated heterocycles. The Labute approximate surface area is 159 Å². The van der Waals surface area contributed by atoms with Crippen molar-refractivity contribution in [1.82, 2.24) is 19.6 Å². The van der Waals surface area contributed by atoms with Crippen LogP contribution in [0.15, 0.2) is 30.3 Å². The van der Waals surface area contributed by atoms with Gasteiger partial charge < -0.3 is 4.90 Å². The number of hydrogen-bond acceptors (Lipinski definition) is 4. The van der Waals surface area contributed by atoms with E-state index in [4.69, 9.17) is 0 Å². The first-order valence-electron chi connectivity index (χ1n) is 10.5. The van der Waals surface area contributed by atoms with Crippen molar-refractivity contribution < 1.29 is 0 Å². The average Bonchev–Trinajstić information content (AvgIpc) is 3.30. The molecule has 1 unspecified atom stereocenters. The van der Waals surface area contributed by atoms with Crippen LogP contribution in [0.4, 0.5) is 0 Å². The van der Waals surface area contributed by atoms with E-state index in [1.54, 1.807) is 0 Å². The Hall–Kier alpha value is -0.940. The van der Waals surface area contributed by atoms with Crippen LogP contribution in [-0.4, -0.2) is 78.0 Å². The lowest BCUT2D eigenvalue weighted by atomic mass is 10.0. The summed E-state index contributed by atoms with van der Waals surface area (Å²) in [5.41, 5.74) is 1.44. The topological polar surface area (TPSA) is 13.0 Å². The number of rotatable bonds is 6. The van der Waals surface area contributed by atoms with Crippen molar-refractivity contribution in [3.05, 3.63) is 42.6 Å². The number of piperidine rings is 1. The SMILES string of the molecule is CN1CCCC1CCN1[C]N(C2CCN(Cc3ccccc3)CC2)CC1. The summed E-state index contributed by atoms with van der Waals surface area (Å²) >= 11 is 0. The van der Waals surface area contributed by atoms with E-state index < -0.39 is 0 Å². The standard InChI is InChI=1S/C22H34N4/c1-23-12-5-8-21(23)9-15-25-16-17-26(19-25)22-10-13-24(14-11-22)18-20-6-3-2-4-7-20/h2-4,6-7,21-22H,5,8-18H2,1H3. The summed E-state index contributed by atoms with van der Waals surface area (Å²) in [6.45, 7) is 12.0. The maximum Gasteiger partial charge on any atom is 0.146 e. The van der Waals surface area contributed by atoms with Crippen molar-refractivity contribution in [3.8, 4) is 0 Å². The predicted molar refractivity (Wildman–Crippen MR) is 107 cm³/mol. The summed E-state index contributed by atoms with van der Waals surface area (Å²) in [6.07, 6.45) is 6.61. The first-order chi connectivity index (χ1) is 12.8. The van der Waals surface area contributed by atoms with Crippen molar-refractivity contribution in [2.75, 3.05) is 46.3 Å². The Balaban J connectivity index is 1.17. The molecule has 0 N–H and O–H groups in total. The molecular formula is C22H34N4. The van der Waals surface area contributed by atoms with E-state index in [0.29, 0.717) is 6.04 Å². The molecule has 3 aliphatic heterocycles. The first kappa shape index (κ1) is 18.4. The summed E-state index contributed by atoms with van der Waals surface area (Å²) < 4.78 is 0. The summed E-state index contributed by atoms with van der Waals surface area (Å²) in [5, 5.41) is 0. The minimum Gasteiger partial charge on any atom is -0.303 e. The molecule has 0 aliphatic carbocycles. The highest BCUT2D eigenvalue weighted by atomic mass is 15.4. The van der Waals surface area contributed by atoms with Crippen molar-refractivity contribution in [1.29, 1.82) is 0 Å². The third-order valence-electron chi connectivity index (χ3n) is 6.53. The second kappa shape index (κ2) is 8.83. The molecule has 3 fully saturated rings. The lowest BCUT2D eigenvalue weighted by molar-refractivity contribution is 0.130. The van der Waals surface area contributed by atoms with Crippen LogP contribution in [0.1, 0.15) is 37.7 Å². The summed E-state index contributed by atoms with van der Waals surface area (Å²) in [4.78, 5) is 10.1. The van der Waals surface area contributed by atoms with Gasteiger partial charge >= 0.3 is 0 Å². The number of hydrogen-bond donors (Lipinski definition) is 0. The fourth-order valence-electron chi connectivity index (χ4n) is 4.82. The Morgan fingerprint density at radius 3 is 2.50 bits per heavy atom. The minimum absolute atomic E-state index is 0.696. The van der Waals surface area contributed by atoms with Gasteiger partial charge in [0.05, 0.1) is 0 Å². The summed E-state index contributed by atoms with van der Waals surface area (Å²) in [7, 11) is 2.28. The van der Waals surface area contributed by atoms with Gasteiger partial charge in [0.2, 0.25) is 0 Å². The van der Waals surface area contributed by atoms with E-state index in [0.717, 1.165) is 12.6 Å². The Kier molecular flexibility index (Phi) is 6.26. The quantitative estimate of drug-likeness (QED) is 0.779. The van der Waals surface area contributed by atoms with Crippen LogP contribution in [-0.2, 0) is 6.54 Å². The van der Waals surface area contributed by atoms with Gasteiger partial charge in [-0.3, -0.25) is 14.7 Å². The number of likely N-dealkylation sites (tertiary alicyclic amines) is 2. The van der Waals surface area contributed by atoms with E-state index in [1.807, 2.05) is 0 Å². The van der Waals surface area contributed by atoms with Crippen LogP contribution in [0.3, 0.4) is 0 Å². The Morgan fingerprint density at radius 2 is 1.77 bits per heavy atom. The van der Waals surface area contributed by atoms with Crippen molar-refractivity contribution in [2.24, 2.45) is 0 Å². The molecule has 1 atom stereocenters. The van der Waals surface area contributed by atoms with Crippen LogP contribution in [0, 0.1) is 6.67 Å². The van der Waals surface area contributed by atoms with Gasteiger partial charge in [0, 0.05) is 38.3 Å². The van der Waals surface area contributed by atoms with Gasteiger partial charge in [0.1, 0.15) is 6.67 Å². The van der Waals surface area contributed by atoms with Crippen molar-refractivity contribution in [3.63, 3.8) is 0 Å². The molecule has 142 valence electrons. The monoisotopic (exact) mass is 354 g/mol. The molecule has 0 aromatic heterocycles. The van der Waals surface area contributed by atoms with E-state index in [1.165, 1.54) is 76.9 Å². The molecule has 26 heavy (non-hydrogen) atoms. The fourth-order valence-corrected chi connectivity index (χ4v) is 4.82. The van der Waals surface area contributed by atoms with Gasteiger partial charge in [-0.25, -0.2) is 0 Å². The average molecular weight is 355 g/mol. The van der Waals surface area contributed by atoms with Gasteiger partial charge in [0.15, 0.2) is 0 Å². The zero-order valence-electron chi connectivity index (χ0n) is 16.3. The van der Waals surface area contributed by atoms with Crippen LogP contribution >= 0.6 is 0 Å². The molecule has 3 heterocycles. The van der Waals surface area contributed by atoms with Crippen LogP contribution in [0.25, 0.3) is 0 Å². The molecule has 0 saturated carbocycles. The third kappa shape index (κ3) is 4.66. The Bertz CT molecular complexity index is 540. The molecule has 0 spiro atoms. The highest BCUT2D eigenvalue weighted by Crippen LogP contribution is 2.24. The normalized spacial score (nSPS) is 27.5. The molecule has 0 bridgehead atoms. The van der Waals surface area contributed by atoms with E-state index in [2.05, 4.69) is 63.6 Å². The lowest BCUT2D eigenvalue weighted by Gasteiger charge is -2.36. The summed E-state index contributed by atoms with van der Waals surface area (Å²) in [5.74, 6) is 0. The highest BCUT2D eigenvalue weighted by Gasteiger charge is 2.31. The van der Waals surface area contributed by atoms with E-state index in [-0.39, 0.29) is 0 Å². The minimum atomic E-state index is 0.696. The maximum absolute atomic E-state index is 3.69. The number of nitrogens with zero attached hydrogens (tertiary/aromatic N) is 4. The smallest absolute Gasteiger partial charge is 0.146 e. The van der Waals surface area contributed by atoms with E-state index >= 15 is 0 Å². The Morgan fingerprint density at radius 1 is 0.962 bits per heavy atom. The van der Waals surface area contributed by atoms with Crippen LogP contribution < -0.4 is 0 Å². The molecule has 1 aromatic rings. The molecule has 2 radical (unpaired) electrons. The maximum atomic E-state index is 3.69. The molecule has 4 heteroatoms. The lowest BCUT2D eigenvalue weighted by Crippen LogP contribution is -2.43. The fraction of sp³-hybridized carbons (Fsp3) is 0.682. The second-order valence-electron chi connectivity index (χ2n) is 8.34. The predicted octanol–water partition coefficient (Wildman–Crippen LogP) is 2.75. The molecule has 0 amide bonds. The second-order valence-corrected chi connectivity index (χ2v) is 8.34. The molecule has 3 aliphatic rings. The van der Waals surface area contributed by atoms with E-state index in [9.17, 15) is 0 Å². The van der Waals surface area contributed by atoms with Gasteiger partial charge in [-0.1, -0.05) is 30.3 Å². The van der Waals surface area contributed by atoms with Crippen LogP contribution in [0.2, 0.25) is 0 Å². The molecule has 4 rings (SSSR count). The molecule has 4 nitrogen and oxygen atoms in total. The number of benzene rings is 1. The third-order valence-corrected chi connectivity index (χ3v) is 6.53. The van der Waals surface area contributed by atoms with Gasteiger partial charge in [0.25, 0.3) is 0 Å². The van der Waals surface area contributed by atoms with Gasteiger partial charge in [-0.05, 0) is 64.3 Å². The van der Waals surface area contributed by atoms with Crippen molar-refractivity contribution >= 4 is 0 Å². The zero-order valence-corrected chi connectivity index (χ0v) is 16.3. The largest absolute Gasteiger partial charge is 0.303 e. The van der Waals surface area contributed by atoms with Gasteiger partial charge in [-0.15, -0.1) is 0 Å². The summed E-state index contributed by atoms with van der Waals surface area (Å²) in [6, 6.07) is 12.4. The van der Waals surface area contributed by atoms with Gasteiger partial charge in [-0.2, -0.15) is 0 Å².